The molecule has 2 atom stereocenters. The Balaban J connectivity index is 1.67. The number of alkyl halides is 3. The molecule has 1 fully saturated rings. The average molecular weight is 523 g/mol. The molecule has 1 aliphatic heterocycles. The first-order valence-electron chi connectivity index (χ1n) is 10.4. The minimum atomic E-state index is -4.47. The van der Waals surface area contributed by atoms with Gasteiger partial charge in [0.2, 0.25) is 0 Å². The first-order valence-corrected chi connectivity index (χ1v) is 11.2. The smallest absolute Gasteiger partial charge is 0.383 e. The molecule has 3 heterocycles. The van der Waals surface area contributed by atoms with Crippen LogP contribution in [0.25, 0.3) is 10.9 Å². The summed E-state index contributed by atoms with van der Waals surface area (Å²) in [5.41, 5.74) is 6.51. The Bertz CT molecular complexity index is 1170. The van der Waals surface area contributed by atoms with E-state index < -0.39 is 11.7 Å². The molecule has 0 aliphatic carbocycles. The van der Waals surface area contributed by atoms with Crippen molar-refractivity contribution in [2.75, 3.05) is 18.9 Å². The number of halogens is 4. The van der Waals surface area contributed by atoms with E-state index in [1.54, 1.807) is 29.2 Å². The van der Waals surface area contributed by atoms with Gasteiger partial charge in [-0.25, -0.2) is 4.98 Å². The molecule has 0 bridgehead atoms. The Morgan fingerprint density at radius 3 is 2.73 bits per heavy atom. The van der Waals surface area contributed by atoms with Gasteiger partial charge in [-0.1, -0.05) is 6.92 Å². The molecule has 0 spiro atoms. The molecular formula is C23H22BrF3N4O2. The van der Waals surface area contributed by atoms with E-state index in [0.29, 0.717) is 46.7 Å². The van der Waals surface area contributed by atoms with Gasteiger partial charge in [0.25, 0.3) is 5.91 Å². The maximum Gasteiger partial charge on any atom is 0.417 e. The van der Waals surface area contributed by atoms with Crippen molar-refractivity contribution in [3.8, 4) is 0 Å². The maximum atomic E-state index is 13.6. The summed E-state index contributed by atoms with van der Waals surface area (Å²) >= 11 is 3.36. The van der Waals surface area contributed by atoms with Gasteiger partial charge in [0.1, 0.15) is 5.82 Å². The molecule has 2 N–H and O–H groups in total. The van der Waals surface area contributed by atoms with E-state index in [4.69, 9.17) is 10.5 Å². The van der Waals surface area contributed by atoms with Crippen LogP contribution >= 0.6 is 15.9 Å². The van der Waals surface area contributed by atoms with Crippen molar-refractivity contribution < 1.29 is 22.7 Å². The Labute approximate surface area is 197 Å². The number of carbonyl (C=O) groups is 1. The van der Waals surface area contributed by atoms with Crippen molar-refractivity contribution in [2.24, 2.45) is 5.92 Å². The first kappa shape index (κ1) is 23.4. The Morgan fingerprint density at radius 1 is 1.27 bits per heavy atom. The third kappa shape index (κ3) is 5.11. The van der Waals surface area contributed by atoms with E-state index in [1.165, 1.54) is 6.07 Å². The second-order valence-electron chi connectivity index (χ2n) is 8.14. The highest BCUT2D eigenvalue weighted by atomic mass is 79.9. The fraction of sp³-hybridized carbons (Fsp3) is 0.348. The number of nitrogens with two attached hydrogens (primary N) is 1. The van der Waals surface area contributed by atoms with E-state index >= 15 is 0 Å². The molecule has 0 saturated carbocycles. The zero-order valence-corrected chi connectivity index (χ0v) is 19.4. The van der Waals surface area contributed by atoms with Gasteiger partial charge < -0.3 is 15.4 Å². The summed E-state index contributed by atoms with van der Waals surface area (Å²) in [7, 11) is 0. The minimum absolute atomic E-state index is 0.0632. The topological polar surface area (TPSA) is 81.3 Å². The number of amides is 1. The van der Waals surface area contributed by atoms with Gasteiger partial charge in [0.05, 0.1) is 34.4 Å². The third-order valence-electron chi connectivity index (χ3n) is 5.78. The van der Waals surface area contributed by atoms with Gasteiger partial charge in [0, 0.05) is 35.7 Å². The lowest BCUT2D eigenvalue weighted by Gasteiger charge is -2.38. The number of anilines is 1. The van der Waals surface area contributed by atoms with Crippen molar-refractivity contribution in [1.29, 1.82) is 0 Å². The molecular weight excluding hydrogens is 501 g/mol. The highest BCUT2D eigenvalue weighted by Crippen LogP contribution is 2.30. The monoisotopic (exact) mass is 522 g/mol. The second-order valence-corrected chi connectivity index (χ2v) is 8.99. The number of hydrogen-bond donors (Lipinski definition) is 1. The lowest BCUT2D eigenvalue weighted by Crippen LogP contribution is -2.47. The lowest BCUT2D eigenvalue weighted by molar-refractivity contribution is -0.137. The molecule has 6 nitrogen and oxygen atoms in total. The molecule has 1 aromatic carbocycles. The van der Waals surface area contributed by atoms with E-state index in [-0.39, 0.29) is 24.4 Å². The van der Waals surface area contributed by atoms with Crippen LogP contribution in [0.3, 0.4) is 0 Å². The molecule has 33 heavy (non-hydrogen) atoms. The van der Waals surface area contributed by atoms with Crippen molar-refractivity contribution in [1.82, 2.24) is 14.9 Å². The summed E-state index contributed by atoms with van der Waals surface area (Å²) in [6.07, 6.45) is -3.03. The number of fused-ring (bicyclic) bond motifs is 1. The summed E-state index contributed by atoms with van der Waals surface area (Å²) in [6.45, 7) is 3.10. The molecule has 0 radical (unpaired) electrons. The number of nitrogens with zero attached hydrogens (tertiary/aromatic N) is 3. The van der Waals surface area contributed by atoms with Crippen molar-refractivity contribution in [2.45, 2.75) is 32.1 Å². The van der Waals surface area contributed by atoms with Crippen LogP contribution in [0.1, 0.15) is 35.0 Å². The molecule has 3 aromatic rings. The number of nitrogen functional groups attached to an aromatic ring is 1. The molecule has 2 aromatic heterocycles. The van der Waals surface area contributed by atoms with Gasteiger partial charge in [-0.2, -0.15) is 13.2 Å². The van der Waals surface area contributed by atoms with E-state index in [0.717, 1.165) is 17.6 Å². The predicted octanol–water partition coefficient (Wildman–Crippen LogP) is 5.06. The van der Waals surface area contributed by atoms with Crippen molar-refractivity contribution in [3.63, 3.8) is 0 Å². The quantitative estimate of drug-likeness (QED) is 0.517. The van der Waals surface area contributed by atoms with Crippen molar-refractivity contribution >= 4 is 38.6 Å². The van der Waals surface area contributed by atoms with Gasteiger partial charge in [0.15, 0.2) is 0 Å². The third-order valence-corrected chi connectivity index (χ3v) is 6.42. The van der Waals surface area contributed by atoms with E-state index in [2.05, 4.69) is 25.9 Å². The fourth-order valence-corrected chi connectivity index (χ4v) is 4.33. The number of benzene rings is 1. The fourth-order valence-electron chi connectivity index (χ4n) is 4.00. The Kier molecular flexibility index (Phi) is 6.58. The molecule has 1 saturated heterocycles. The molecule has 2 unspecified atom stereocenters. The Morgan fingerprint density at radius 2 is 2.06 bits per heavy atom. The standard InChI is InChI=1S/C23H22BrF3N4O2/c1-13-12-33-7-6-20(13)31(11-17-4-3-16(10-29-17)23(25,26)27)22(32)14-2-5-19-15(8-14)9-18(24)21(28)30-19/h2-5,8-10,13,20H,6-7,11-12H2,1H3,(H2,28,30). The predicted molar refractivity (Wildman–Crippen MR) is 121 cm³/mol. The van der Waals surface area contributed by atoms with E-state index in [9.17, 15) is 18.0 Å². The maximum absolute atomic E-state index is 13.6. The van der Waals surface area contributed by atoms with E-state index in [1.807, 2.05) is 6.92 Å². The minimum Gasteiger partial charge on any atom is -0.383 e. The molecule has 1 amide bonds. The number of hydrogen-bond acceptors (Lipinski definition) is 5. The van der Waals surface area contributed by atoms with Crippen LogP contribution in [-0.4, -0.2) is 40.0 Å². The largest absolute Gasteiger partial charge is 0.417 e. The van der Waals surface area contributed by atoms with Crippen LogP contribution in [0.15, 0.2) is 47.1 Å². The van der Waals surface area contributed by atoms with Crippen LogP contribution in [0.2, 0.25) is 0 Å². The van der Waals surface area contributed by atoms with Gasteiger partial charge in [-0.3, -0.25) is 9.78 Å². The highest BCUT2D eigenvalue weighted by molar-refractivity contribution is 9.10. The van der Waals surface area contributed by atoms with Crippen molar-refractivity contribution in [3.05, 3.63) is 63.9 Å². The Hall–Kier alpha value is -2.72. The second kappa shape index (κ2) is 9.26. The molecule has 4 rings (SSSR count). The number of ether oxygens (including phenoxy) is 1. The first-order chi connectivity index (χ1) is 15.6. The summed E-state index contributed by atoms with van der Waals surface area (Å²) in [5, 5.41) is 0.745. The SMILES string of the molecule is CC1COCCC1N(Cc1ccc(C(F)(F)F)cn1)C(=O)c1ccc2nc(N)c(Br)cc2c1. The average Bonchev–Trinajstić information content (AvgIpc) is 2.78. The van der Waals surface area contributed by atoms with Gasteiger partial charge >= 0.3 is 6.18 Å². The summed E-state index contributed by atoms with van der Waals surface area (Å²) in [6, 6.07) is 9.12. The summed E-state index contributed by atoms with van der Waals surface area (Å²) < 4.78 is 44.9. The van der Waals surface area contributed by atoms with Crippen LogP contribution in [-0.2, 0) is 17.5 Å². The lowest BCUT2D eigenvalue weighted by atomic mass is 9.95. The number of aromatic nitrogens is 2. The van der Waals surface area contributed by atoms with Gasteiger partial charge in [-0.15, -0.1) is 0 Å². The van der Waals surface area contributed by atoms with Crippen LogP contribution in [0, 0.1) is 5.92 Å². The number of pyridine rings is 2. The molecule has 1 aliphatic rings. The highest BCUT2D eigenvalue weighted by Gasteiger charge is 2.33. The zero-order valence-electron chi connectivity index (χ0n) is 17.8. The summed E-state index contributed by atoms with van der Waals surface area (Å²) in [4.78, 5) is 23.6. The number of rotatable bonds is 4. The molecule has 10 heteroatoms. The van der Waals surface area contributed by atoms with Crippen LogP contribution in [0.4, 0.5) is 19.0 Å². The summed E-state index contributed by atoms with van der Waals surface area (Å²) in [5.74, 6) is 0.186. The van der Waals surface area contributed by atoms with Crippen LogP contribution < -0.4 is 5.73 Å². The zero-order chi connectivity index (χ0) is 23.8. The van der Waals surface area contributed by atoms with Crippen LogP contribution in [0.5, 0.6) is 0 Å². The normalized spacial score (nSPS) is 18.9. The molecule has 174 valence electrons. The number of carbonyl (C=O) groups excluding carboxylic acids is 1. The van der Waals surface area contributed by atoms with Gasteiger partial charge in [-0.05, 0) is 58.7 Å².